The monoisotopic (exact) mass is 476 g/mol. The molecule has 0 atom stereocenters. The van der Waals surface area contributed by atoms with Crippen LogP contribution in [0.5, 0.6) is 0 Å². The van der Waals surface area contributed by atoms with Crippen LogP contribution in [0.3, 0.4) is 0 Å². The summed E-state index contributed by atoms with van der Waals surface area (Å²) in [5, 5.41) is 0.636. The highest BCUT2D eigenvalue weighted by Crippen LogP contribution is 2.33. The predicted octanol–water partition coefficient (Wildman–Crippen LogP) is 3.77. The largest absolute Gasteiger partial charge is 0.465 e. The molecular formula is C22H28N4O4S2. The van der Waals surface area contributed by atoms with Gasteiger partial charge < -0.3 is 13.9 Å². The average molecular weight is 477 g/mol. The Morgan fingerprint density at radius 3 is 2.56 bits per heavy atom. The van der Waals surface area contributed by atoms with Gasteiger partial charge in [0.05, 0.1) is 17.9 Å². The summed E-state index contributed by atoms with van der Waals surface area (Å²) >= 11 is 1.32. The van der Waals surface area contributed by atoms with Crippen molar-refractivity contribution >= 4 is 27.3 Å². The zero-order valence-corrected chi connectivity index (χ0v) is 20.4. The molecule has 172 valence electrons. The molecule has 0 aliphatic carbocycles. The summed E-state index contributed by atoms with van der Waals surface area (Å²) < 4.78 is 35.8. The van der Waals surface area contributed by atoms with Crippen molar-refractivity contribution in [1.82, 2.24) is 19.2 Å². The van der Waals surface area contributed by atoms with Gasteiger partial charge in [0.15, 0.2) is 0 Å². The molecule has 1 aliphatic rings. The van der Waals surface area contributed by atoms with Crippen LogP contribution in [-0.4, -0.2) is 41.9 Å². The molecule has 1 fully saturated rings. The van der Waals surface area contributed by atoms with Gasteiger partial charge in [0, 0.05) is 25.8 Å². The summed E-state index contributed by atoms with van der Waals surface area (Å²) in [5.41, 5.74) is 1.94. The van der Waals surface area contributed by atoms with Crippen molar-refractivity contribution in [1.29, 1.82) is 0 Å². The second-order valence-corrected chi connectivity index (χ2v) is 10.9. The van der Waals surface area contributed by atoms with Crippen molar-refractivity contribution in [3.05, 3.63) is 46.0 Å². The van der Waals surface area contributed by atoms with Gasteiger partial charge >= 0.3 is 0 Å². The highest BCUT2D eigenvalue weighted by molar-refractivity contribution is 7.89. The van der Waals surface area contributed by atoms with Gasteiger partial charge in [0.25, 0.3) is 5.91 Å². The van der Waals surface area contributed by atoms with Gasteiger partial charge in [-0.15, -0.1) is 11.3 Å². The lowest BCUT2D eigenvalue weighted by Crippen LogP contribution is -2.35. The lowest BCUT2D eigenvalue weighted by Gasteiger charge is -2.26. The van der Waals surface area contributed by atoms with Crippen LogP contribution >= 0.6 is 11.3 Å². The van der Waals surface area contributed by atoms with E-state index in [1.54, 1.807) is 29.7 Å². The molecule has 1 N–H and O–H groups in total. The maximum atomic E-state index is 13.0. The zero-order valence-electron chi connectivity index (χ0n) is 18.8. The number of likely N-dealkylation sites (tertiary alicyclic amines) is 1. The second-order valence-electron chi connectivity index (χ2n) is 8.16. The quantitative estimate of drug-likeness (QED) is 0.584. The first-order valence-corrected chi connectivity index (χ1v) is 13.0. The molecule has 0 radical (unpaired) electrons. The Balaban J connectivity index is 1.60. The predicted molar refractivity (Wildman–Crippen MR) is 123 cm³/mol. The Hall–Kier alpha value is -2.43. The first-order valence-electron chi connectivity index (χ1n) is 10.7. The fourth-order valence-corrected chi connectivity index (χ4v) is 6.28. The Kier molecular flexibility index (Phi) is 6.28. The molecule has 0 aromatic carbocycles. The van der Waals surface area contributed by atoms with Crippen molar-refractivity contribution in [2.75, 3.05) is 13.1 Å². The van der Waals surface area contributed by atoms with Crippen LogP contribution in [0.2, 0.25) is 0 Å². The fraction of sp³-hybridized carbons (Fsp3) is 0.455. The van der Waals surface area contributed by atoms with E-state index in [1.807, 2.05) is 25.8 Å². The third-order valence-corrected chi connectivity index (χ3v) is 8.55. The maximum absolute atomic E-state index is 13.0. The van der Waals surface area contributed by atoms with Gasteiger partial charge in [0.1, 0.15) is 26.3 Å². The highest BCUT2D eigenvalue weighted by atomic mass is 32.2. The normalized spacial score (nSPS) is 14.8. The molecule has 1 amide bonds. The van der Waals surface area contributed by atoms with E-state index >= 15 is 0 Å². The van der Waals surface area contributed by atoms with E-state index < -0.39 is 10.0 Å². The molecule has 3 aromatic heterocycles. The molecule has 3 aromatic rings. The standard InChI is InChI=1S/C22H28N4O4S2/c1-14-8-9-17(30-14)13-23-32(28,29)19-12-18(25(4)16(19)3)21-24-15(2)20(31-21)22(27)26-10-6-5-7-11-26/h8-9,12,23H,5-7,10-11,13H2,1-4H3. The SMILES string of the molecule is Cc1ccc(CNS(=O)(=O)c2cc(-c3nc(C)c(C(=O)N4CCCCC4)s3)n(C)c2C)o1. The molecule has 0 spiro atoms. The summed E-state index contributed by atoms with van der Waals surface area (Å²) in [6.07, 6.45) is 3.21. The number of aromatic nitrogens is 2. The molecule has 8 nitrogen and oxygen atoms in total. The van der Waals surface area contributed by atoms with Crippen LogP contribution in [0.15, 0.2) is 27.5 Å². The first-order chi connectivity index (χ1) is 15.2. The molecule has 4 heterocycles. The van der Waals surface area contributed by atoms with Crippen LogP contribution in [0.4, 0.5) is 0 Å². The number of sulfonamides is 1. The Bertz CT molecular complexity index is 1250. The topological polar surface area (TPSA) is 97.4 Å². The smallest absolute Gasteiger partial charge is 0.265 e. The van der Waals surface area contributed by atoms with Crippen molar-refractivity contribution in [2.24, 2.45) is 7.05 Å². The molecule has 4 rings (SSSR count). The van der Waals surface area contributed by atoms with Crippen LogP contribution in [0.25, 0.3) is 10.7 Å². The third-order valence-electron chi connectivity index (χ3n) is 5.86. The fourth-order valence-electron chi connectivity index (χ4n) is 3.92. The van der Waals surface area contributed by atoms with E-state index in [1.165, 1.54) is 11.3 Å². The highest BCUT2D eigenvalue weighted by Gasteiger charge is 2.27. The molecule has 1 aliphatic heterocycles. The van der Waals surface area contributed by atoms with Gasteiger partial charge in [-0.2, -0.15) is 0 Å². The van der Waals surface area contributed by atoms with E-state index in [9.17, 15) is 13.2 Å². The number of hydrogen-bond donors (Lipinski definition) is 1. The van der Waals surface area contributed by atoms with Crippen LogP contribution < -0.4 is 4.72 Å². The van der Waals surface area contributed by atoms with E-state index in [0.717, 1.165) is 38.1 Å². The lowest BCUT2D eigenvalue weighted by molar-refractivity contribution is 0.0728. The van der Waals surface area contributed by atoms with Gasteiger partial charge in [-0.25, -0.2) is 18.1 Å². The Morgan fingerprint density at radius 2 is 1.91 bits per heavy atom. The first kappa shape index (κ1) is 22.8. The average Bonchev–Trinajstić information content (AvgIpc) is 3.45. The van der Waals surface area contributed by atoms with Gasteiger partial charge in [-0.05, 0) is 58.2 Å². The number of rotatable bonds is 6. The van der Waals surface area contributed by atoms with Crippen molar-refractivity contribution in [2.45, 2.75) is 51.5 Å². The molecule has 0 saturated carbocycles. The number of aryl methyl sites for hydroxylation is 2. The minimum Gasteiger partial charge on any atom is -0.465 e. The third kappa shape index (κ3) is 4.39. The number of furan rings is 1. The van der Waals surface area contributed by atoms with Gasteiger partial charge in [-0.1, -0.05) is 0 Å². The number of amides is 1. The number of carbonyl (C=O) groups is 1. The lowest BCUT2D eigenvalue weighted by atomic mass is 10.1. The minimum absolute atomic E-state index is 0.0140. The van der Waals surface area contributed by atoms with Crippen molar-refractivity contribution in [3.63, 3.8) is 0 Å². The molecule has 0 bridgehead atoms. The number of carbonyl (C=O) groups excluding carboxylic acids is 1. The Labute approximate surface area is 192 Å². The second kappa shape index (κ2) is 8.84. The summed E-state index contributed by atoms with van der Waals surface area (Å²) in [7, 11) is -1.95. The van der Waals surface area contributed by atoms with E-state index in [-0.39, 0.29) is 17.3 Å². The molecule has 0 unspecified atom stereocenters. The molecule has 1 saturated heterocycles. The summed E-state index contributed by atoms with van der Waals surface area (Å²) in [6, 6.07) is 5.17. The maximum Gasteiger partial charge on any atom is 0.265 e. The molecule has 10 heteroatoms. The Morgan fingerprint density at radius 1 is 1.19 bits per heavy atom. The minimum atomic E-state index is -3.76. The number of thiazole rings is 1. The van der Waals surface area contributed by atoms with E-state index in [2.05, 4.69) is 9.71 Å². The van der Waals surface area contributed by atoms with Gasteiger partial charge in [-0.3, -0.25) is 4.79 Å². The van der Waals surface area contributed by atoms with E-state index in [0.29, 0.717) is 32.7 Å². The summed E-state index contributed by atoms with van der Waals surface area (Å²) in [6.45, 7) is 7.03. The summed E-state index contributed by atoms with van der Waals surface area (Å²) in [5.74, 6) is 1.29. The number of nitrogens with one attached hydrogen (secondary N) is 1. The number of hydrogen-bond acceptors (Lipinski definition) is 6. The number of piperidine rings is 1. The number of nitrogens with zero attached hydrogens (tertiary/aromatic N) is 3. The van der Waals surface area contributed by atoms with Crippen molar-refractivity contribution < 1.29 is 17.6 Å². The van der Waals surface area contributed by atoms with Crippen LogP contribution in [0, 0.1) is 20.8 Å². The zero-order chi connectivity index (χ0) is 23.0. The van der Waals surface area contributed by atoms with Crippen LogP contribution in [-0.2, 0) is 23.6 Å². The van der Waals surface area contributed by atoms with Crippen molar-refractivity contribution in [3.8, 4) is 10.7 Å². The molecular weight excluding hydrogens is 448 g/mol. The van der Waals surface area contributed by atoms with E-state index in [4.69, 9.17) is 4.42 Å². The molecule has 32 heavy (non-hydrogen) atoms. The van der Waals surface area contributed by atoms with Gasteiger partial charge in [0.2, 0.25) is 10.0 Å². The van der Waals surface area contributed by atoms with Crippen LogP contribution in [0.1, 0.15) is 51.8 Å². The summed E-state index contributed by atoms with van der Waals surface area (Å²) in [4.78, 5) is 20.3.